The molecule has 9 rings (SSSR count). The molecule has 6 aliphatic heterocycles. The fraction of sp³-hybridized carbons (Fsp3) is 1.00. The van der Waals surface area contributed by atoms with E-state index < -0.39 is 66.1 Å². The highest BCUT2D eigenvalue weighted by atomic mass is 32.2. The topological polar surface area (TPSA) is 158 Å². The van der Waals surface area contributed by atoms with Crippen LogP contribution in [-0.2, 0) is 57.9 Å². The molecule has 3 aliphatic carbocycles. The van der Waals surface area contributed by atoms with Gasteiger partial charge in [0.1, 0.15) is 0 Å². The van der Waals surface area contributed by atoms with Crippen LogP contribution < -0.4 is 0 Å². The van der Waals surface area contributed by atoms with Crippen molar-refractivity contribution in [1.82, 2.24) is 0 Å². The second-order valence-corrected chi connectivity index (χ2v) is 20.3. The largest absolute Gasteiger partial charge is 0.381 e. The van der Waals surface area contributed by atoms with Crippen LogP contribution in [0.2, 0.25) is 0 Å². The molecule has 12 nitrogen and oxygen atoms in total. The van der Waals surface area contributed by atoms with E-state index in [4.69, 9.17) is 28.4 Å². The molecule has 9 aliphatic rings. The normalized spacial score (nSPS) is 43.9. The van der Waals surface area contributed by atoms with Gasteiger partial charge in [-0.25, -0.2) is 25.3 Å². The summed E-state index contributed by atoms with van der Waals surface area (Å²) in [5, 5.41) is 0. The van der Waals surface area contributed by atoms with E-state index in [0.717, 1.165) is 0 Å². The molecule has 0 aromatic heterocycles. The molecule has 6 heterocycles. The number of ether oxygens (including phenoxy) is 6. The van der Waals surface area contributed by atoms with Gasteiger partial charge in [-0.3, -0.25) is 0 Å². The molecule has 0 spiro atoms. The van der Waals surface area contributed by atoms with Gasteiger partial charge in [-0.15, -0.1) is 0 Å². The Morgan fingerprint density at radius 2 is 0.444 bits per heavy atom. The maximum absolute atomic E-state index is 13.7. The van der Waals surface area contributed by atoms with Gasteiger partial charge in [0.15, 0.2) is 29.5 Å². The van der Waals surface area contributed by atoms with E-state index in [-0.39, 0.29) is 70.0 Å². The van der Waals surface area contributed by atoms with E-state index in [1.807, 2.05) is 0 Å². The van der Waals surface area contributed by atoms with Gasteiger partial charge in [-0.2, -0.15) is 0 Å². The minimum atomic E-state index is -3.60. The Bertz CT molecular complexity index is 1050. The summed E-state index contributed by atoms with van der Waals surface area (Å²) in [6.45, 7) is 0. The molecule has 0 aromatic carbocycles. The Hall–Kier alpha value is -0.390. The first-order chi connectivity index (χ1) is 21.2. The fourth-order valence-corrected chi connectivity index (χ4v) is 15.2. The predicted molar refractivity (Wildman–Crippen MR) is 169 cm³/mol. The number of hydrogen-bond acceptors (Lipinski definition) is 12. The van der Waals surface area contributed by atoms with Gasteiger partial charge < -0.3 is 28.4 Å². The molecule has 6 saturated heterocycles. The summed E-state index contributed by atoms with van der Waals surface area (Å²) < 4.78 is 117. The average Bonchev–Trinajstić information content (AvgIpc) is 2.97. The first-order valence-corrected chi connectivity index (χ1v) is 21.4. The van der Waals surface area contributed by atoms with Crippen molar-refractivity contribution < 1.29 is 53.7 Å². The second kappa shape index (κ2) is 15.4. The van der Waals surface area contributed by atoms with Gasteiger partial charge in [0, 0.05) is 78.2 Å². The molecule has 264 valence electrons. The molecule has 12 atom stereocenters. The molecule has 3 unspecified atom stereocenters. The maximum Gasteiger partial charge on any atom is 0.151 e. The molecular weight excluding hydrogens is 649 g/mol. The second-order valence-electron chi connectivity index (χ2n) is 13.9. The summed E-state index contributed by atoms with van der Waals surface area (Å²) in [5.41, 5.74) is 0. The lowest BCUT2D eigenvalue weighted by molar-refractivity contribution is -0.0575. The van der Waals surface area contributed by atoms with Gasteiger partial charge >= 0.3 is 0 Å². The van der Waals surface area contributed by atoms with Gasteiger partial charge in [0.05, 0.1) is 71.1 Å². The zero-order valence-electron chi connectivity index (χ0n) is 27.5. The van der Waals surface area contributed by atoms with E-state index in [0.29, 0.717) is 38.5 Å². The highest BCUT2D eigenvalue weighted by Crippen LogP contribution is 2.40. The molecule has 9 fully saturated rings. The van der Waals surface area contributed by atoms with Crippen LogP contribution in [0.3, 0.4) is 0 Å². The van der Waals surface area contributed by atoms with Crippen molar-refractivity contribution in [2.75, 3.05) is 77.2 Å². The van der Waals surface area contributed by atoms with Crippen molar-refractivity contribution in [2.45, 2.75) is 75.1 Å². The zero-order valence-corrected chi connectivity index (χ0v) is 30.0. The lowest BCUT2D eigenvalue weighted by Crippen LogP contribution is -2.48. The predicted octanol–water partition coefficient (Wildman–Crippen LogP) is 1.41. The average molecular weight is 703 g/mol. The van der Waals surface area contributed by atoms with Gasteiger partial charge in [-0.05, 0) is 38.5 Å². The third kappa shape index (κ3) is 9.40. The Balaban J connectivity index is 1.71. The quantitative estimate of drug-likeness (QED) is 0.393. The number of rotatable bonds is 6. The van der Waals surface area contributed by atoms with Crippen molar-refractivity contribution in [2.24, 2.45) is 35.5 Å². The van der Waals surface area contributed by atoms with Gasteiger partial charge in [-0.1, -0.05) is 0 Å². The third-order valence-corrected chi connectivity index (χ3v) is 16.6. The molecule has 45 heavy (non-hydrogen) atoms. The van der Waals surface area contributed by atoms with Crippen LogP contribution in [0.5, 0.6) is 0 Å². The lowest BCUT2D eigenvalue weighted by Gasteiger charge is -2.41. The molecule has 15 heteroatoms. The van der Waals surface area contributed by atoms with E-state index in [1.165, 1.54) is 42.7 Å². The molecule has 0 aromatic rings. The minimum absolute atomic E-state index is 0.120. The number of sulfone groups is 3. The van der Waals surface area contributed by atoms with Crippen molar-refractivity contribution in [1.29, 1.82) is 0 Å². The molecule has 3 saturated carbocycles. The summed E-state index contributed by atoms with van der Waals surface area (Å²) in [6.07, 6.45) is -0.435. The minimum Gasteiger partial charge on any atom is -0.381 e. The maximum atomic E-state index is 13.7. The van der Waals surface area contributed by atoms with Crippen LogP contribution in [0.15, 0.2) is 0 Å². The monoisotopic (exact) mass is 702 g/mol. The van der Waals surface area contributed by atoms with Crippen molar-refractivity contribution in [3.63, 3.8) is 0 Å². The van der Waals surface area contributed by atoms with Crippen LogP contribution in [0.25, 0.3) is 0 Å². The van der Waals surface area contributed by atoms with Crippen LogP contribution in [0.1, 0.15) is 38.5 Å². The highest BCUT2D eigenvalue weighted by Gasteiger charge is 2.47. The van der Waals surface area contributed by atoms with E-state index >= 15 is 0 Å². The molecule has 0 amide bonds. The number of hydrogen-bond donors (Lipinski definition) is 0. The van der Waals surface area contributed by atoms with Gasteiger partial charge in [0.25, 0.3) is 0 Å². The fourth-order valence-electron chi connectivity index (χ4n) is 8.80. The van der Waals surface area contributed by atoms with Crippen LogP contribution in [0.4, 0.5) is 0 Å². The van der Waals surface area contributed by atoms with E-state index in [2.05, 4.69) is 0 Å². The van der Waals surface area contributed by atoms with Crippen LogP contribution in [0, 0.1) is 35.5 Å². The van der Waals surface area contributed by atoms with Crippen molar-refractivity contribution >= 4 is 29.5 Å². The van der Waals surface area contributed by atoms with Crippen LogP contribution >= 0.6 is 0 Å². The lowest BCUT2D eigenvalue weighted by atomic mass is 9.79. The van der Waals surface area contributed by atoms with Crippen molar-refractivity contribution in [3.05, 3.63) is 0 Å². The standard InChI is InChI=1S/C30H54O12S3/c1-37-25-7-20-14-44(33,34)16-22-10-30(42-6)24(12-29(22)41-5)18-45(35,36)17-23-11-27(39-3)21(9-28(23)40-4)15-43(31,32)13-19(25)8-26(20)38-2/h19-30H,7-18H2,1-6H3/t19-,20-,21-,22-,23-,24-,25-,26?,27-,28?,29-,30?/m1/s1. The van der Waals surface area contributed by atoms with Crippen molar-refractivity contribution in [3.8, 4) is 0 Å². The molecule has 6 bridgehead atoms. The summed E-state index contributed by atoms with van der Waals surface area (Å²) in [7, 11) is -1.58. The summed E-state index contributed by atoms with van der Waals surface area (Å²) in [5.74, 6) is -2.92. The third-order valence-electron chi connectivity index (χ3n) is 11.0. The summed E-state index contributed by atoms with van der Waals surface area (Å²) >= 11 is 0. The van der Waals surface area contributed by atoms with E-state index in [9.17, 15) is 25.3 Å². The molecule has 0 N–H and O–H groups in total. The highest BCUT2D eigenvalue weighted by molar-refractivity contribution is 7.91. The van der Waals surface area contributed by atoms with E-state index in [1.54, 1.807) is 0 Å². The van der Waals surface area contributed by atoms with Crippen LogP contribution in [-0.4, -0.2) is 139 Å². The first kappa shape index (κ1) is 37.4. The SMILES string of the molecule is COC1C[C@@H]2CS(=O)(=O)C[C@H]3C[C@@H](OC)[C@H](CC3OC)CS(=O)(=O)C[C@H]3CC(OC)[C@H](C[C@H]3OC)CS(=O)(=O)C[C@H]1C[C@H]2OC. The van der Waals surface area contributed by atoms with Gasteiger partial charge in [0.2, 0.25) is 0 Å². The Kier molecular flexibility index (Phi) is 12.8. The number of methoxy groups -OCH3 is 6. The molecular formula is C30H54O12S3. The Morgan fingerprint density at radius 3 is 0.556 bits per heavy atom. The smallest absolute Gasteiger partial charge is 0.151 e. The Morgan fingerprint density at radius 1 is 0.311 bits per heavy atom. The zero-order chi connectivity index (χ0) is 33.2. The Labute approximate surface area is 270 Å². The summed E-state index contributed by atoms with van der Waals surface area (Å²) in [4.78, 5) is 0. The molecule has 0 radical (unpaired) electrons. The first-order valence-electron chi connectivity index (χ1n) is 15.9. The summed E-state index contributed by atoms with van der Waals surface area (Å²) in [6, 6.07) is 0.